The number of rotatable bonds is 5. The van der Waals surface area contributed by atoms with Gasteiger partial charge in [-0.25, -0.2) is 4.98 Å². The lowest BCUT2D eigenvalue weighted by atomic mass is 10.1. The molecule has 0 atom stereocenters. The van der Waals surface area contributed by atoms with Crippen LogP contribution < -0.4 is 5.32 Å². The monoisotopic (exact) mass is 325 g/mol. The molecule has 118 valence electrons. The molecule has 1 heterocycles. The summed E-state index contributed by atoms with van der Waals surface area (Å²) in [4.78, 5) is 19.8. The standard InChI is InChI=1S/C18H19N3OS/c1-12-7-8-13(2)16(11-12)19-17(22)9-10-23-18-20-14-5-3-4-6-15(14)21-18/h3-8,11H,9-10H2,1-2H3,(H,19,22)(H,20,21). The van der Waals surface area contributed by atoms with Crippen molar-refractivity contribution in [3.8, 4) is 0 Å². The number of anilines is 1. The Balaban J connectivity index is 1.53. The van der Waals surface area contributed by atoms with Crippen LogP contribution in [0.2, 0.25) is 0 Å². The lowest BCUT2D eigenvalue weighted by molar-refractivity contribution is -0.115. The number of H-pyrrole nitrogens is 1. The van der Waals surface area contributed by atoms with Gasteiger partial charge in [0, 0.05) is 17.9 Å². The van der Waals surface area contributed by atoms with Gasteiger partial charge in [-0.05, 0) is 43.2 Å². The zero-order valence-electron chi connectivity index (χ0n) is 13.2. The molecule has 4 nitrogen and oxygen atoms in total. The molecule has 0 aliphatic heterocycles. The van der Waals surface area contributed by atoms with Gasteiger partial charge in [0.05, 0.1) is 11.0 Å². The average molecular weight is 325 g/mol. The van der Waals surface area contributed by atoms with E-state index in [9.17, 15) is 4.79 Å². The fraction of sp³-hybridized carbons (Fsp3) is 0.222. The molecule has 0 unspecified atom stereocenters. The summed E-state index contributed by atoms with van der Waals surface area (Å²) in [5, 5.41) is 3.83. The number of hydrogen-bond donors (Lipinski definition) is 2. The minimum atomic E-state index is 0.0299. The van der Waals surface area contributed by atoms with E-state index in [4.69, 9.17) is 0 Å². The highest BCUT2D eigenvalue weighted by molar-refractivity contribution is 7.99. The lowest BCUT2D eigenvalue weighted by Crippen LogP contribution is -2.13. The van der Waals surface area contributed by atoms with Gasteiger partial charge in [-0.15, -0.1) is 0 Å². The highest BCUT2D eigenvalue weighted by Crippen LogP contribution is 2.21. The molecular weight excluding hydrogens is 306 g/mol. The zero-order valence-corrected chi connectivity index (χ0v) is 14.0. The highest BCUT2D eigenvalue weighted by Gasteiger charge is 2.07. The number of thioether (sulfide) groups is 1. The quantitative estimate of drug-likeness (QED) is 0.688. The molecule has 3 aromatic rings. The van der Waals surface area contributed by atoms with Crippen molar-refractivity contribution in [3.05, 3.63) is 53.6 Å². The molecule has 5 heteroatoms. The number of amides is 1. The number of nitrogens with one attached hydrogen (secondary N) is 2. The van der Waals surface area contributed by atoms with Crippen LogP contribution in [0, 0.1) is 13.8 Å². The molecule has 2 N–H and O–H groups in total. The highest BCUT2D eigenvalue weighted by atomic mass is 32.2. The molecule has 0 saturated carbocycles. The van der Waals surface area contributed by atoms with E-state index in [1.54, 1.807) is 11.8 Å². The number of nitrogens with zero attached hydrogens (tertiary/aromatic N) is 1. The first kappa shape index (κ1) is 15.6. The maximum absolute atomic E-state index is 12.1. The third kappa shape index (κ3) is 3.93. The molecule has 2 aromatic carbocycles. The first-order valence-corrected chi connectivity index (χ1v) is 8.55. The summed E-state index contributed by atoms with van der Waals surface area (Å²) < 4.78 is 0. The summed E-state index contributed by atoms with van der Waals surface area (Å²) in [5.41, 5.74) is 5.09. The third-order valence-corrected chi connectivity index (χ3v) is 4.48. The molecule has 23 heavy (non-hydrogen) atoms. The molecule has 0 bridgehead atoms. The van der Waals surface area contributed by atoms with Crippen molar-refractivity contribution in [2.24, 2.45) is 0 Å². The maximum atomic E-state index is 12.1. The summed E-state index contributed by atoms with van der Waals surface area (Å²) in [7, 11) is 0. The molecule has 0 fully saturated rings. The molecule has 3 rings (SSSR count). The number of para-hydroxylation sites is 2. The molecule has 0 radical (unpaired) electrons. The molecule has 0 aliphatic rings. The Labute approximate surface area is 139 Å². The second-order valence-corrected chi connectivity index (χ2v) is 6.61. The second-order valence-electron chi connectivity index (χ2n) is 5.52. The number of fused-ring (bicyclic) bond motifs is 1. The topological polar surface area (TPSA) is 57.8 Å². The van der Waals surface area contributed by atoms with Crippen LogP contribution >= 0.6 is 11.8 Å². The average Bonchev–Trinajstić information content (AvgIpc) is 2.93. The summed E-state index contributed by atoms with van der Waals surface area (Å²) in [5.74, 6) is 0.721. The minimum absolute atomic E-state index is 0.0299. The van der Waals surface area contributed by atoms with Crippen molar-refractivity contribution in [2.45, 2.75) is 25.4 Å². The van der Waals surface area contributed by atoms with Crippen LogP contribution in [-0.4, -0.2) is 21.6 Å². The van der Waals surface area contributed by atoms with Gasteiger partial charge in [-0.3, -0.25) is 4.79 Å². The van der Waals surface area contributed by atoms with Crippen molar-refractivity contribution < 1.29 is 4.79 Å². The maximum Gasteiger partial charge on any atom is 0.225 e. The Bertz CT molecular complexity index is 808. The van der Waals surface area contributed by atoms with Crippen LogP contribution in [-0.2, 0) is 4.79 Å². The van der Waals surface area contributed by atoms with E-state index in [0.29, 0.717) is 12.2 Å². The smallest absolute Gasteiger partial charge is 0.225 e. The summed E-state index contributed by atoms with van der Waals surface area (Å²) >= 11 is 1.56. The molecule has 0 spiro atoms. The van der Waals surface area contributed by atoms with Crippen molar-refractivity contribution >= 4 is 34.4 Å². The van der Waals surface area contributed by atoms with Gasteiger partial charge < -0.3 is 10.3 Å². The molecule has 0 saturated heterocycles. The van der Waals surface area contributed by atoms with E-state index < -0.39 is 0 Å². The van der Waals surface area contributed by atoms with Crippen molar-refractivity contribution in [1.29, 1.82) is 0 Å². The number of carbonyl (C=O) groups excluding carboxylic acids is 1. The Kier molecular flexibility index (Phi) is 4.67. The fourth-order valence-corrected chi connectivity index (χ4v) is 3.15. The number of benzene rings is 2. The van der Waals surface area contributed by atoms with E-state index in [0.717, 1.165) is 33.0 Å². The second kappa shape index (κ2) is 6.87. The van der Waals surface area contributed by atoms with Crippen LogP contribution in [0.1, 0.15) is 17.5 Å². The zero-order chi connectivity index (χ0) is 16.2. The van der Waals surface area contributed by atoms with Crippen molar-refractivity contribution in [3.63, 3.8) is 0 Å². The number of imidazole rings is 1. The third-order valence-electron chi connectivity index (χ3n) is 3.60. The van der Waals surface area contributed by atoms with Crippen LogP contribution in [0.15, 0.2) is 47.6 Å². The van der Waals surface area contributed by atoms with E-state index in [1.165, 1.54) is 0 Å². The Morgan fingerprint density at radius 3 is 2.87 bits per heavy atom. The predicted octanol–water partition coefficient (Wildman–Crippen LogP) is 4.30. The van der Waals surface area contributed by atoms with Crippen LogP contribution in [0.4, 0.5) is 5.69 Å². The first-order valence-electron chi connectivity index (χ1n) is 7.56. The summed E-state index contributed by atoms with van der Waals surface area (Å²) in [6.45, 7) is 4.02. The van der Waals surface area contributed by atoms with Gasteiger partial charge in [-0.2, -0.15) is 0 Å². The largest absolute Gasteiger partial charge is 0.333 e. The lowest BCUT2D eigenvalue weighted by Gasteiger charge is -2.09. The minimum Gasteiger partial charge on any atom is -0.333 e. The fourth-order valence-electron chi connectivity index (χ4n) is 2.32. The number of aromatic nitrogens is 2. The van der Waals surface area contributed by atoms with Gasteiger partial charge in [0.1, 0.15) is 0 Å². The first-order chi connectivity index (χ1) is 11.1. The summed E-state index contributed by atoms with van der Waals surface area (Å²) in [6.07, 6.45) is 0.453. The van der Waals surface area contributed by atoms with E-state index in [-0.39, 0.29) is 5.91 Å². The van der Waals surface area contributed by atoms with Gasteiger partial charge in [-0.1, -0.05) is 36.0 Å². The normalized spacial score (nSPS) is 10.9. The van der Waals surface area contributed by atoms with Gasteiger partial charge >= 0.3 is 0 Å². The van der Waals surface area contributed by atoms with E-state index in [1.807, 2.05) is 56.3 Å². The van der Waals surface area contributed by atoms with Crippen LogP contribution in [0.5, 0.6) is 0 Å². The molecular formula is C18H19N3OS. The van der Waals surface area contributed by atoms with Crippen molar-refractivity contribution in [2.75, 3.05) is 11.1 Å². The SMILES string of the molecule is Cc1ccc(C)c(NC(=O)CCSc2nc3ccccc3[nH]2)c1. The summed E-state index contributed by atoms with van der Waals surface area (Å²) in [6, 6.07) is 14.0. The Morgan fingerprint density at radius 1 is 1.22 bits per heavy atom. The van der Waals surface area contributed by atoms with Crippen LogP contribution in [0.25, 0.3) is 11.0 Å². The number of aryl methyl sites for hydroxylation is 2. The van der Waals surface area contributed by atoms with E-state index in [2.05, 4.69) is 15.3 Å². The number of hydrogen-bond acceptors (Lipinski definition) is 3. The van der Waals surface area contributed by atoms with Crippen molar-refractivity contribution in [1.82, 2.24) is 9.97 Å². The van der Waals surface area contributed by atoms with E-state index >= 15 is 0 Å². The number of aromatic amines is 1. The Morgan fingerprint density at radius 2 is 2.04 bits per heavy atom. The van der Waals surface area contributed by atoms with Crippen LogP contribution in [0.3, 0.4) is 0 Å². The molecule has 0 aliphatic carbocycles. The van der Waals surface area contributed by atoms with Gasteiger partial charge in [0.15, 0.2) is 5.16 Å². The predicted molar refractivity (Wildman–Crippen MR) is 96.0 cm³/mol. The Hall–Kier alpha value is -2.27. The van der Waals surface area contributed by atoms with Gasteiger partial charge in [0.25, 0.3) is 0 Å². The molecule has 1 amide bonds. The molecule has 1 aromatic heterocycles. The van der Waals surface area contributed by atoms with Gasteiger partial charge in [0.2, 0.25) is 5.91 Å². The number of carbonyl (C=O) groups is 1.